The molecule has 0 spiro atoms. The zero-order valence-electron chi connectivity index (χ0n) is 8.67. The van der Waals surface area contributed by atoms with E-state index in [1.54, 1.807) is 6.92 Å². The number of rotatable bonds is 2. The summed E-state index contributed by atoms with van der Waals surface area (Å²) >= 11 is 1.21. The SMILES string of the molecule is CC1=CC(=O)C(Sc2ccccc2)C(=O)O1. The van der Waals surface area contributed by atoms with Crippen molar-refractivity contribution < 1.29 is 14.3 Å². The van der Waals surface area contributed by atoms with Crippen LogP contribution in [0.3, 0.4) is 0 Å². The van der Waals surface area contributed by atoms with Crippen LogP contribution in [0.2, 0.25) is 0 Å². The van der Waals surface area contributed by atoms with Crippen molar-refractivity contribution in [3.05, 3.63) is 42.2 Å². The molecule has 0 aliphatic carbocycles. The number of benzene rings is 1. The highest BCUT2D eigenvalue weighted by Crippen LogP contribution is 2.27. The first-order valence-corrected chi connectivity index (χ1v) is 5.70. The molecule has 1 heterocycles. The van der Waals surface area contributed by atoms with Gasteiger partial charge >= 0.3 is 5.97 Å². The molecule has 0 radical (unpaired) electrons. The molecule has 4 heteroatoms. The second-order valence-electron chi connectivity index (χ2n) is 3.39. The summed E-state index contributed by atoms with van der Waals surface area (Å²) in [6, 6.07) is 9.33. The monoisotopic (exact) mass is 234 g/mol. The summed E-state index contributed by atoms with van der Waals surface area (Å²) in [6.07, 6.45) is 1.36. The topological polar surface area (TPSA) is 43.4 Å². The number of carbonyl (C=O) groups is 2. The van der Waals surface area contributed by atoms with Gasteiger partial charge in [0.15, 0.2) is 11.0 Å². The van der Waals surface area contributed by atoms with Crippen LogP contribution in [0, 0.1) is 0 Å². The summed E-state index contributed by atoms with van der Waals surface area (Å²) in [7, 11) is 0. The minimum atomic E-state index is -0.772. The van der Waals surface area contributed by atoms with Crippen molar-refractivity contribution in [2.24, 2.45) is 0 Å². The van der Waals surface area contributed by atoms with E-state index in [1.165, 1.54) is 17.8 Å². The fourth-order valence-corrected chi connectivity index (χ4v) is 2.29. The van der Waals surface area contributed by atoms with Crippen LogP contribution in [0.15, 0.2) is 47.1 Å². The number of cyclic esters (lactones) is 1. The van der Waals surface area contributed by atoms with Crippen LogP contribution >= 0.6 is 11.8 Å². The first kappa shape index (κ1) is 11.0. The van der Waals surface area contributed by atoms with Gasteiger partial charge in [0.2, 0.25) is 0 Å². The minimum absolute atomic E-state index is 0.206. The van der Waals surface area contributed by atoms with E-state index >= 15 is 0 Å². The molecule has 0 N–H and O–H groups in total. The zero-order valence-corrected chi connectivity index (χ0v) is 9.49. The van der Waals surface area contributed by atoms with Crippen LogP contribution in [-0.2, 0) is 14.3 Å². The van der Waals surface area contributed by atoms with Crippen LogP contribution in [0.5, 0.6) is 0 Å². The molecule has 1 unspecified atom stereocenters. The summed E-state index contributed by atoms with van der Waals surface area (Å²) < 4.78 is 4.92. The van der Waals surface area contributed by atoms with Crippen LogP contribution in [0.25, 0.3) is 0 Å². The van der Waals surface area contributed by atoms with Gasteiger partial charge in [0.25, 0.3) is 0 Å². The molecule has 3 nitrogen and oxygen atoms in total. The highest BCUT2D eigenvalue weighted by Gasteiger charge is 2.32. The quantitative estimate of drug-likeness (QED) is 0.581. The van der Waals surface area contributed by atoms with Crippen LogP contribution in [0.4, 0.5) is 0 Å². The Labute approximate surface area is 97.5 Å². The molecule has 1 aromatic rings. The second-order valence-corrected chi connectivity index (χ2v) is 4.57. The van der Waals surface area contributed by atoms with Gasteiger partial charge in [-0.15, -0.1) is 11.8 Å². The van der Waals surface area contributed by atoms with Gasteiger partial charge in [-0.25, -0.2) is 4.79 Å². The van der Waals surface area contributed by atoms with E-state index in [-0.39, 0.29) is 5.78 Å². The number of esters is 1. The van der Waals surface area contributed by atoms with E-state index in [1.807, 2.05) is 30.3 Å². The van der Waals surface area contributed by atoms with Gasteiger partial charge in [-0.3, -0.25) is 4.79 Å². The zero-order chi connectivity index (χ0) is 11.5. The Hall–Kier alpha value is -1.55. The lowest BCUT2D eigenvalue weighted by atomic mass is 10.2. The maximum Gasteiger partial charge on any atom is 0.332 e. The minimum Gasteiger partial charge on any atom is -0.430 e. The maximum absolute atomic E-state index is 11.6. The Kier molecular flexibility index (Phi) is 3.10. The molecule has 0 amide bonds. The highest BCUT2D eigenvalue weighted by atomic mass is 32.2. The normalized spacial score (nSPS) is 20.3. The molecule has 0 saturated heterocycles. The summed E-state index contributed by atoms with van der Waals surface area (Å²) in [5, 5.41) is -0.772. The van der Waals surface area contributed by atoms with Gasteiger partial charge in [-0.2, -0.15) is 0 Å². The average molecular weight is 234 g/mol. The molecule has 0 bridgehead atoms. The summed E-state index contributed by atoms with van der Waals surface area (Å²) in [6.45, 7) is 1.60. The largest absolute Gasteiger partial charge is 0.430 e. The summed E-state index contributed by atoms with van der Waals surface area (Å²) in [5.74, 6) is -0.332. The van der Waals surface area contributed by atoms with Crippen molar-refractivity contribution in [3.63, 3.8) is 0 Å². The highest BCUT2D eigenvalue weighted by molar-refractivity contribution is 8.01. The van der Waals surface area contributed by atoms with Crippen LogP contribution in [-0.4, -0.2) is 17.0 Å². The number of carbonyl (C=O) groups excluding carboxylic acids is 2. The number of allylic oxidation sites excluding steroid dienone is 2. The van der Waals surface area contributed by atoms with E-state index in [9.17, 15) is 9.59 Å². The Balaban J connectivity index is 2.17. The molecule has 1 aliphatic rings. The van der Waals surface area contributed by atoms with E-state index in [4.69, 9.17) is 4.74 Å². The predicted molar refractivity (Wildman–Crippen MR) is 60.9 cm³/mol. The van der Waals surface area contributed by atoms with E-state index in [0.29, 0.717) is 5.76 Å². The maximum atomic E-state index is 11.6. The lowest BCUT2D eigenvalue weighted by molar-refractivity contribution is -0.142. The molecule has 0 aromatic heterocycles. The van der Waals surface area contributed by atoms with Crippen molar-refractivity contribution >= 4 is 23.5 Å². The Morgan fingerprint density at radius 3 is 2.50 bits per heavy atom. The fourth-order valence-electron chi connectivity index (χ4n) is 1.38. The average Bonchev–Trinajstić information content (AvgIpc) is 2.25. The third-order valence-electron chi connectivity index (χ3n) is 2.08. The molecule has 0 fully saturated rings. The van der Waals surface area contributed by atoms with E-state index < -0.39 is 11.2 Å². The molecular formula is C12H10O3S. The van der Waals surface area contributed by atoms with Gasteiger partial charge in [0, 0.05) is 11.0 Å². The molecule has 1 atom stereocenters. The number of hydrogen-bond donors (Lipinski definition) is 0. The predicted octanol–water partition coefficient (Wildman–Crippen LogP) is 2.18. The third-order valence-corrected chi connectivity index (χ3v) is 3.28. The molecule has 0 saturated carbocycles. The first-order chi connectivity index (χ1) is 7.66. The Morgan fingerprint density at radius 1 is 1.19 bits per heavy atom. The van der Waals surface area contributed by atoms with E-state index in [2.05, 4.69) is 0 Å². The molecule has 1 aliphatic heterocycles. The second kappa shape index (κ2) is 4.53. The summed E-state index contributed by atoms with van der Waals surface area (Å²) in [5.41, 5.74) is 0. The Bertz CT molecular complexity index is 451. The van der Waals surface area contributed by atoms with Gasteiger partial charge in [0.05, 0.1) is 0 Å². The van der Waals surface area contributed by atoms with Crippen LogP contribution < -0.4 is 0 Å². The number of hydrogen-bond acceptors (Lipinski definition) is 4. The molecular weight excluding hydrogens is 224 g/mol. The van der Waals surface area contributed by atoms with Crippen molar-refractivity contribution in [1.29, 1.82) is 0 Å². The lowest BCUT2D eigenvalue weighted by Gasteiger charge is -2.17. The molecule has 82 valence electrons. The smallest absolute Gasteiger partial charge is 0.332 e. The lowest BCUT2D eigenvalue weighted by Crippen LogP contribution is -2.31. The summed E-state index contributed by atoms with van der Waals surface area (Å²) in [4.78, 5) is 24.0. The molecule has 1 aromatic carbocycles. The van der Waals surface area contributed by atoms with Gasteiger partial charge in [-0.1, -0.05) is 18.2 Å². The third kappa shape index (κ3) is 2.33. The van der Waals surface area contributed by atoms with E-state index in [0.717, 1.165) is 4.90 Å². The Morgan fingerprint density at radius 2 is 1.88 bits per heavy atom. The van der Waals surface area contributed by atoms with Crippen molar-refractivity contribution in [3.8, 4) is 0 Å². The standard InChI is InChI=1S/C12H10O3S/c1-8-7-10(13)11(12(14)15-8)16-9-5-3-2-4-6-9/h2-7,11H,1H3. The number of ether oxygens (including phenoxy) is 1. The van der Waals surface area contributed by atoms with Crippen molar-refractivity contribution in [1.82, 2.24) is 0 Å². The molecule has 2 rings (SSSR count). The van der Waals surface area contributed by atoms with Crippen LogP contribution in [0.1, 0.15) is 6.92 Å². The van der Waals surface area contributed by atoms with Crippen molar-refractivity contribution in [2.45, 2.75) is 17.1 Å². The van der Waals surface area contributed by atoms with Gasteiger partial charge in [-0.05, 0) is 19.1 Å². The number of thioether (sulfide) groups is 1. The fraction of sp³-hybridized carbons (Fsp3) is 0.167. The van der Waals surface area contributed by atoms with Crippen molar-refractivity contribution in [2.75, 3.05) is 0 Å². The first-order valence-electron chi connectivity index (χ1n) is 4.82. The molecule has 16 heavy (non-hydrogen) atoms. The van der Waals surface area contributed by atoms with Gasteiger partial charge < -0.3 is 4.74 Å². The number of ketones is 1. The van der Waals surface area contributed by atoms with Gasteiger partial charge in [0.1, 0.15) is 5.76 Å².